The van der Waals surface area contributed by atoms with Crippen molar-refractivity contribution in [3.63, 3.8) is 0 Å². The molecule has 4 aromatic rings. The maximum absolute atomic E-state index is 14.6. The number of nitrogens with zero attached hydrogens (tertiary/aromatic N) is 4. The molecule has 0 unspecified atom stereocenters. The highest BCUT2D eigenvalue weighted by Crippen LogP contribution is 2.29. The van der Waals surface area contributed by atoms with Gasteiger partial charge >= 0.3 is 0 Å². The van der Waals surface area contributed by atoms with Crippen LogP contribution in [0.1, 0.15) is 10.4 Å². The van der Waals surface area contributed by atoms with Crippen molar-refractivity contribution in [3.8, 4) is 17.1 Å². The first-order valence-corrected chi connectivity index (χ1v) is 10.8. The van der Waals surface area contributed by atoms with Crippen molar-refractivity contribution >= 4 is 39.9 Å². The molecule has 1 aromatic carbocycles. The van der Waals surface area contributed by atoms with Crippen LogP contribution in [0.5, 0.6) is 0 Å². The van der Waals surface area contributed by atoms with Gasteiger partial charge in [0.25, 0.3) is 5.91 Å². The lowest BCUT2D eigenvalue weighted by atomic mass is 10.2. The third-order valence-electron chi connectivity index (χ3n) is 4.16. The summed E-state index contributed by atoms with van der Waals surface area (Å²) in [5.74, 6) is -1.07. The van der Waals surface area contributed by atoms with E-state index in [1.54, 1.807) is 58.7 Å². The van der Waals surface area contributed by atoms with Gasteiger partial charge in [-0.05, 0) is 35.7 Å². The average Bonchev–Trinajstić information content (AvgIpc) is 3.40. The fraction of sp³-hybridized carbons (Fsp3) is 0.0500. The lowest BCUT2D eigenvalue weighted by molar-refractivity contribution is -0.113. The van der Waals surface area contributed by atoms with Crippen molar-refractivity contribution < 1.29 is 14.0 Å². The number of rotatable bonds is 7. The number of nitrogens with two attached hydrogens (primary N) is 1. The number of carbonyl (C=O) groups is 2. The minimum absolute atomic E-state index is 0.0320. The number of para-hydroxylation sites is 1. The summed E-state index contributed by atoms with van der Waals surface area (Å²) in [6.07, 6.45) is 3.23. The molecule has 0 radical (unpaired) electrons. The number of benzene rings is 1. The molecule has 8 nitrogen and oxygen atoms in total. The second-order valence-corrected chi connectivity index (χ2v) is 8.06. The maximum Gasteiger partial charge on any atom is 0.251 e. The molecule has 0 aliphatic heterocycles. The van der Waals surface area contributed by atoms with Gasteiger partial charge < -0.3 is 11.1 Å². The van der Waals surface area contributed by atoms with Gasteiger partial charge in [-0.1, -0.05) is 23.9 Å². The molecule has 3 N–H and O–H groups in total. The number of aromatic nitrogens is 4. The van der Waals surface area contributed by atoms with Gasteiger partial charge in [-0.2, -0.15) is 0 Å². The molecule has 4 rings (SSSR count). The topological polar surface area (TPSA) is 116 Å². The number of hydrogen-bond acceptors (Lipinski definition) is 7. The summed E-state index contributed by atoms with van der Waals surface area (Å²) in [6.45, 7) is 0. The third-order valence-corrected chi connectivity index (χ3v) is 5.92. The van der Waals surface area contributed by atoms with Gasteiger partial charge in [0, 0.05) is 18.0 Å². The maximum atomic E-state index is 14.6. The Bertz CT molecular complexity index is 1240. The molecule has 3 heterocycles. The number of amides is 2. The second kappa shape index (κ2) is 9.06. The van der Waals surface area contributed by atoms with E-state index >= 15 is 0 Å². The Kier molecular flexibility index (Phi) is 6.05. The van der Waals surface area contributed by atoms with E-state index < -0.39 is 11.7 Å². The highest BCUT2D eigenvalue weighted by molar-refractivity contribution is 7.99. The normalized spacial score (nSPS) is 10.7. The summed E-state index contributed by atoms with van der Waals surface area (Å²) in [4.78, 5) is 27.9. The number of nitrogens with one attached hydrogen (secondary N) is 1. The average molecular weight is 455 g/mol. The van der Waals surface area contributed by atoms with Crippen LogP contribution >= 0.6 is 23.1 Å². The Morgan fingerprint density at radius 2 is 2.00 bits per heavy atom. The van der Waals surface area contributed by atoms with E-state index in [-0.39, 0.29) is 22.9 Å². The van der Waals surface area contributed by atoms with Gasteiger partial charge in [0.2, 0.25) is 5.91 Å². The van der Waals surface area contributed by atoms with Gasteiger partial charge in [-0.3, -0.25) is 19.1 Å². The van der Waals surface area contributed by atoms with Gasteiger partial charge in [0.15, 0.2) is 11.0 Å². The highest BCUT2D eigenvalue weighted by Gasteiger charge is 2.20. The molecule has 0 aliphatic carbocycles. The van der Waals surface area contributed by atoms with Crippen LogP contribution in [-0.4, -0.2) is 37.3 Å². The zero-order chi connectivity index (χ0) is 21.8. The summed E-state index contributed by atoms with van der Waals surface area (Å²) in [7, 11) is 0. The number of thioether (sulfide) groups is 1. The first kappa shape index (κ1) is 20.7. The molecule has 0 saturated heterocycles. The molecule has 0 saturated carbocycles. The van der Waals surface area contributed by atoms with Crippen LogP contribution in [0.4, 0.5) is 9.39 Å². The molecule has 0 fully saturated rings. The predicted molar refractivity (Wildman–Crippen MR) is 117 cm³/mol. The number of carbonyl (C=O) groups excluding carboxylic acids is 2. The van der Waals surface area contributed by atoms with Crippen LogP contribution in [0.3, 0.4) is 0 Å². The number of primary amides is 1. The molecule has 0 bridgehead atoms. The van der Waals surface area contributed by atoms with Crippen molar-refractivity contribution in [2.45, 2.75) is 5.16 Å². The summed E-state index contributed by atoms with van der Waals surface area (Å²) in [6, 6.07) is 11.3. The molecular formula is C20H15FN6O2S2. The van der Waals surface area contributed by atoms with Crippen molar-refractivity contribution in [2.24, 2.45) is 5.73 Å². The smallest absolute Gasteiger partial charge is 0.251 e. The van der Waals surface area contributed by atoms with Gasteiger partial charge in [-0.15, -0.1) is 21.5 Å². The number of hydrogen-bond donors (Lipinski definition) is 2. The Labute approximate surface area is 184 Å². The van der Waals surface area contributed by atoms with E-state index in [0.717, 1.165) is 11.8 Å². The number of thiophene rings is 1. The second-order valence-electron chi connectivity index (χ2n) is 6.20. The molecule has 31 heavy (non-hydrogen) atoms. The number of anilines is 1. The fourth-order valence-electron chi connectivity index (χ4n) is 2.79. The largest absolute Gasteiger partial charge is 0.366 e. The molecular weight excluding hydrogens is 439 g/mol. The van der Waals surface area contributed by atoms with Gasteiger partial charge in [-0.25, -0.2) is 4.39 Å². The van der Waals surface area contributed by atoms with Crippen LogP contribution in [0, 0.1) is 5.82 Å². The summed E-state index contributed by atoms with van der Waals surface area (Å²) in [5.41, 5.74) is 6.46. The first-order chi connectivity index (χ1) is 15.0. The Morgan fingerprint density at radius 1 is 1.16 bits per heavy atom. The van der Waals surface area contributed by atoms with E-state index in [1.807, 2.05) is 0 Å². The predicted octanol–water partition coefficient (Wildman–Crippen LogP) is 3.36. The van der Waals surface area contributed by atoms with Crippen LogP contribution in [0.15, 0.2) is 65.4 Å². The zero-order valence-corrected chi connectivity index (χ0v) is 17.5. The molecule has 0 atom stereocenters. The summed E-state index contributed by atoms with van der Waals surface area (Å²) < 4.78 is 16.1. The lowest BCUT2D eigenvalue weighted by Crippen LogP contribution is -2.18. The first-order valence-electron chi connectivity index (χ1n) is 8.95. The van der Waals surface area contributed by atoms with Crippen molar-refractivity contribution in [1.82, 2.24) is 19.7 Å². The number of halogens is 1. The van der Waals surface area contributed by atoms with Crippen molar-refractivity contribution in [2.75, 3.05) is 11.1 Å². The molecule has 156 valence electrons. The Hall–Kier alpha value is -3.57. The van der Waals surface area contributed by atoms with Gasteiger partial charge in [0.05, 0.1) is 17.0 Å². The van der Waals surface area contributed by atoms with Crippen LogP contribution < -0.4 is 11.1 Å². The highest BCUT2D eigenvalue weighted by atomic mass is 32.2. The van der Waals surface area contributed by atoms with Crippen molar-refractivity contribution in [1.29, 1.82) is 0 Å². The van der Waals surface area contributed by atoms with Crippen LogP contribution in [0.25, 0.3) is 17.1 Å². The SMILES string of the molecule is NC(=O)c1ccsc1NC(=O)CSc1nnc(-c2cccnc2)n1-c1ccccc1F. The minimum Gasteiger partial charge on any atom is -0.366 e. The quantitative estimate of drug-likeness (QED) is 0.414. The van der Waals surface area contributed by atoms with E-state index in [9.17, 15) is 14.0 Å². The van der Waals surface area contributed by atoms with Crippen LogP contribution in [0.2, 0.25) is 0 Å². The van der Waals surface area contributed by atoms with Crippen molar-refractivity contribution in [3.05, 3.63) is 71.6 Å². The summed E-state index contributed by atoms with van der Waals surface area (Å²) in [5, 5.41) is 13.4. The molecule has 3 aromatic heterocycles. The Morgan fingerprint density at radius 3 is 2.74 bits per heavy atom. The Balaban J connectivity index is 1.61. The molecule has 2 amide bonds. The fourth-order valence-corrected chi connectivity index (χ4v) is 4.34. The standard InChI is InChI=1S/C20H15FN6O2S2/c21-14-5-1-2-6-15(14)27-18(12-4-3-8-23-10-12)25-26-20(27)31-11-16(28)24-19-13(17(22)29)7-9-30-19/h1-10H,11H2,(H2,22,29)(H,24,28). The van der Waals surface area contributed by atoms with E-state index in [2.05, 4.69) is 20.5 Å². The molecule has 11 heteroatoms. The number of pyridine rings is 1. The molecule has 0 aliphatic rings. The van der Waals surface area contributed by atoms with E-state index in [1.165, 1.54) is 17.4 Å². The minimum atomic E-state index is -0.621. The van der Waals surface area contributed by atoms with Gasteiger partial charge in [0.1, 0.15) is 10.8 Å². The van der Waals surface area contributed by atoms with E-state index in [4.69, 9.17) is 5.73 Å². The van der Waals surface area contributed by atoms with Crippen LogP contribution in [-0.2, 0) is 4.79 Å². The monoisotopic (exact) mass is 454 g/mol. The van der Waals surface area contributed by atoms with E-state index in [0.29, 0.717) is 21.5 Å². The lowest BCUT2D eigenvalue weighted by Gasteiger charge is -2.11. The third kappa shape index (κ3) is 4.47. The zero-order valence-electron chi connectivity index (χ0n) is 15.9. The molecule has 0 spiro atoms. The summed E-state index contributed by atoms with van der Waals surface area (Å²) >= 11 is 2.29.